The summed E-state index contributed by atoms with van der Waals surface area (Å²) in [4.78, 5) is 36.7. The van der Waals surface area contributed by atoms with Crippen molar-refractivity contribution in [3.05, 3.63) is 29.8 Å². The summed E-state index contributed by atoms with van der Waals surface area (Å²) in [6.45, 7) is 2.26. The molecule has 7 nitrogen and oxygen atoms in total. The van der Waals surface area contributed by atoms with Crippen LogP contribution in [0, 0.1) is 5.92 Å². The molecule has 1 aromatic carbocycles. The molecule has 0 unspecified atom stereocenters. The lowest BCUT2D eigenvalue weighted by atomic mass is 9.93. The number of esters is 1. The highest BCUT2D eigenvalue weighted by atomic mass is 16.5. The molecule has 1 heterocycles. The summed E-state index contributed by atoms with van der Waals surface area (Å²) in [6, 6.07) is 6.17. The average Bonchev–Trinajstić information content (AvgIpc) is 2.54. The van der Waals surface area contributed by atoms with E-state index in [0.29, 0.717) is 24.2 Å². The third kappa shape index (κ3) is 4.00. The molecule has 1 fully saturated rings. The Morgan fingerprint density at radius 2 is 1.87 bits per heavy atom. The zero-order chi connectivity index (χ0) is 17.0. The maximum atomic E-state index is 12.4. The van der Waals surface area contributed by atoms with Crippen molar-refractivity contribution in [3.8, 4) is 0 Å². The first-order valence-electron chi connectivity index (χ1n) is 7.47. The molecule has 3 amide bonds. The van der Waals surface area contributed by atoms with Crippen LogP contribution < -0.4 is 11.1 Å². The molecule has 2 atom stereocenters. The molecule has 2 rings (SSSR count). The number of hydrogen-bond donors (Lipinski definition) is 2. The number of nitrogens with two attached hydrogens (primary N) is 1. The van der Waals surface area contributed by atoms with E-state index in [1.165, 1.54) is 7.11 Å². The smallest absolute Gasteiger partial charge is 0.337 e. The fourth-order valence-corrected chi connectivity index (χ4v) is 2.62. The molecule has 1 aliphatic heterocycles. The van der Waals surface area contributed by atoms with Gasteiger partial charge in [0, 0.05) is 18.3 Å². The van der Waals surface area contributed by atoms with Crippen molar-refractivity contribution < 1.29 is 19.1 Å². The number of anilines is 1. The summed E-state index contributed by atoms with van der Waals surface area (Å²) in [7, 11) is 1.31. The fourth-order valence-electron chi connectivity index (χ4n) is 2.62. The number of piperidine rings is 1. The third-order valence-electron chi connectivity index (χ3n) is 4.10. The van der Waals surface area contributed by atoms with Crippen LogP contribution in [0.15, 0.2) is 24.3 Å². The van der Waals surface area contributed by atoms with Crippen molar-refractivity contribution in [2.45, 2.75) is 25.8 Å². The van der Waals surface area contributed by atoms with E-state index in [1.54, 1.807) is 29.2 Å². The summed E-state index contributed by atoms with van der Waals surface area (Å²) >= 11 is 0. The number of urea groups is 1. The summed E-state index contributed by atoms with van der Waals surface area (Å²) in [5.41, 5.74) is 6.32. The summed E-state index contributed by atoms with van der Waals surface area (Å²) in [6.07, 6.45) is 1.44. The minimum absolute atomic E-state index is 0.0416. The number of benzene rings is 1. The quantitative estimate of drug-likeness (QED) is 0.826. The molecule has 7 heteroatoms. The lowest BCUT2D eigenvalue weighted by molar-refractivity contribution is -0.123. The van der Waals surface area contributed by atoms with Gasteiger partial charge in [0.15, 0.2) is 0 Å². The molecule has 3 N–H and O–H groups in total. The zero-order valence-corrected chi connectivity index (χ0v) is 13.2. The number of primary amides is 1. The molecule has 124 valence electrons. The highest BCUT2D eigenvalue weighted by Gasteiger charge is 2.31. The SMILES string of the molecule is COC(=O)c1ccc(NC(=O)N2C[C@H](C(N)=O)CC[C@H]2C)cc1. The van der Waals surface area contributed by atoms with Crippen LogP contribution in [0.5, 0.6) is 0 Å². The number of amides is 3. The zero-order valence-electron chi connectivity index (χ0n) is 13.2. The van der Waals surface area contributed by atoms with Crippen LogP contribution >= 0.6 is 0 Å². The highest BCUT2D eigenvalue weighted by molar-refractivity contribution is 5.92. The van der Waals surface area contributed by atoms with Crippen molar-refractivity contribution in [2.75, 3.05) is 19.0 Å². The molecular formula is C16H21N3O4. The second-order valence-corrected chi connectivity index (χ2v) is 5.68. The molecule has 0 bridgehead atoms. The molecule has 1 aromatic rings. The first kappa shape index (κ1) is 16.8. The standard InChI is InChI=1S/C16H21N3O4/c1-10-3-4-12(14(17)20)9-19(10)16(22)18-13-7-5-11(6-8-13)15(21)23-2/h5-8,10,12H,3-4,9H2,1-2H3,(H2,17,20)(H,18,22)/t10-,12-/m1/s1. The van der Waals surface area contributed by atoms with Gasteiger partial charge in [-0.15, -0.1) is 0 Å². The topological polar surface area (TPSA) is 102 Å². The monoisotopic (exact) mass is 319 g/mol. The van der Waals surface area contributed by atoms with Crippen molar-refractivity contribution in [2.24, 2.45) is 11.7 Å². The van der Waals surface area contributed by atoms with E-state index in [2.05, 4.69) is 10.1 Å². The first-order chi connectivity index (χ1) is 10.9. The van der Waals surface area contributed by atoms with Gasteiger partial charge >= 0.3 is 12.0 Å². The molecule has 1 aliphatic rings. The Morgan fingerprint density at radius 1 is 1.22 bits per heavy atom. The van der Waals surface area contributed by atoms with Crippen LogP contribution in [0.1, 0.15) is 30.1 Å². The Kier molecular flexibility index (Phi) is 5.20. The van der Waals surface area contributed by atoms with E-state index < -0.39 is 5.97 Å². The minimum Gasteiger partial charge on any atom is -0.465 e. The van der Waals surface area contributed by atoms with Gasteiger partial charge in [0.25, 0.3) is 0 Å². The molecule has 0 aliphatic carbocycles. The molecule has 0 spiro atoms. The lowest BCUT2D eigenvalue weighted by Gasteiger charge is -2.36. The molecule has 23 heavy (non-hydrogen) atoms. The van der Waals surface area contributed by atoms with Gasteiger partial charge in [-0.3, -0.25) is 4.79 Å². The van der Waals surface area contributed by atoms with Crippen LogP contribution in [-0.4, -0.2) is 42.5 Å². The predicted molar refractivity (Wildman–Crippen MR) is 84.9 cm³/mol. The maximum absolute atomic E-state index is 12.4. The van der Waals surface area contributed by atoms with Crippen LogP contribution in [0.4, 0.5) is 10.5 Å². The van der Waals surface area contributed by atoms with Gasteiger partial charge in [0.2, 0.25) is 5.91 Å². The van der Waals surface area contributed by atoms with E-state index in [0.717, 1.165) is 6.42 Å². The molecule has 0 aromatic heterocycles. The second-order valence-electron chi connectivity index (χ2n) is 5.68. The average molecular weight is 319 g/mol. The molecule has 1 saturated heterocycles. The highest BCUT2D eigenvalue weighted by Crippen LogP contribution is 2.22. The Labute approximate surface area is 134 Å². The Morgan fingerprint density at radius 3 is 2.43 bits per heavy atom. The van der Waals surface area contributed by atoms with Crippen molar-refractivity contribution in [3.63, 3.8) is 0 Å². The van der Waals surface area contributed by atoms with Crippen molar-refractivity contribution in [1.82, 2.24) is 4.90 Å². The van der Waals surface area contributed by atoms with Crippen molar-refractivity contribution >= 4 is 23.6 Å². The van der Waals surface area contributed by atoms with Crippen LogP contribution in [0.3, 0.4) is 0 Å². The normalized spacial score (nSPS) is 20.7. The summed E-state index contributed by atoms with van der Waals surface area (Å²) < 4.78 is 4.62. The van der Waals surface area contributed by atoms with E-state index in [4.69, 9.17) is 5.73 Å². The van der Waals surface area contributed by atoms with Crippen LogP contribution in [-0.2, 0) is 9.53 Å². The van der Waals surface area contributed by atoms with Gasteiger partial charge in [0.05, 0.1) is 18.6 Å². The Bertz CT molecular complexity index is 600. The summed E-state index contributed by atoms with van der Waals surface area (Å²) in [5, 5.41) is 2.77. The Balaban J connectivity index is 2.02. The van der Waals surface area contributed by atoms with Gasteiger partial charge in [-0.05, 0) is 44.0 Å². The minimum atomic E-state index is -0.433. The number of likely N-dealkylation sites (tertiary alicyclic amines) is 1. The maximum Gasteiger partial charge on any atom is 0.337 e. The summed E-state index contributed by atoms with van der Waals surface area (Å²) in [5.74, 6) is -1.12. The van der Waals surface area contributed by atoms with Crippen LogP contribution in [0.25, 0.3) is 0 Å². The van der Waals surface area contributed by atoms with E-state index in [1.807, 2.05) is 6.92 Å². The number of nitrogens with zero attached hydrogens (tertiary/aromatic N) is 1. The lowest BCUT2D eigenvalue weighted by Crippen LogP contribution is -2.50. The molecular weight excluding hydrogens is 298 g/mol. The number of carbonyl (C=O) groups excluding carboxylic acids is 3. The molecule has 0 saturated carbocycles. The van der Waals surface area contributed by atoms with Crippen molar-refractivity contribution in [1.29, 1.82) is 0 Å². The molecule has 0 radical (unpaired) electrons. The van der Waals surface area contributed by atoms with Gasteiger partial charge in [-0.25, -0.2) is 9.59 Å². The number of ether oxygens (including phenoxy) is 1. The van der Waals surface area contributed by atoms with Gasteiger partial charge < -0.3 is 20.7 Å². The largest absolute Gasteiger partial charge is 0.465 e. The number of hydrogen-bond acceptors (Lipinski definition) is 4. The predicted octanol–water partition coefficient (Wildman–Crippen LogP) is 1.59. The Hall–Kier alpha value is -2.57. The third-order valence-corrected chi connectivity index (χ3v) is 4.10. The van der Waals surface area contributed by atoms with Gasteiger partial charge in [-0.1, -0.05) is 0 Å². The van der Waals surface area contributed by atoms with Crippen LogP contribution in [0.2, 0.25) is 0 Å². The number of methoxy groups -OCH3 is 1. The van der Waals surface area contributed by atoms with E-state index >= 15 is 0 Å². The van der Waals surface area contributed by atoms with Gasteiger partial charge in [0.1, 0.15) is 0 Å². The van der Waals surface area contributed by atoms with Gasteiger partial charge in [-0.2, -0.15) is 0 Å². The number of carbonyl (C=O) groups is 3. The second kappa shape index (κ2) is 7.13. The fraction of sp³-hybridized carbons (Fsp3) is 0.438. The first-order valence-corrected chi connectivity index (χ1v) is 7.47. The van der Waals surface area contributed by atoms with E-state index in [-0.39, 0.29) is 23.9 Å². The number of nitrogens with one attached hydrogen (secondary N) is 1. The van der Waals surface area contributed by atoms with E-state index in [9.17, 15) is 14.4 Å². The number of rotatable bonds is 3.